The second-order valence-corrected chi connectivity index (χ2v) is 4.01. The van der Waals surface area contributed by atoms with Crippen LogP contribution in [0.5, 0.6) is 0 Å². The van der Waals surface area contributed by atoms with E-state index >= 15 is 0 Å². The van der Waals surface area contributed by atoms with Gasteiger partial charge in [-0.25, -0.2) is 4.39 Å². The number of nitrogens with one attached hydrogen (secondary N) is 1. The van der Waals surface area contributed by atoms with Gasteiger partial charge in [-0.2, -0.15) is 0 Å². The Bertz CT molecular complexity index is 264. The number of alkyl halides is 2. The minimum atomic E-state index is -1.93. The zero-order chi connectivity index (χ0) is 10.9. The van der Waals surface area contributed by atoms with Crippen LogP contribution in [-0.2, 0) is 9.59 Å². The second kappa shape index (κ2) is 3.73. The fourth-order valence-electron chi connectivity index (χ4n) is 1.33. The van der Waals surface area contributed by atoms with E-state index in [1.54, 1.807) is 0 Å². The summed E-state index contributed by atoms with van der Waals surface area (Å²) in [6.45, 7) is 1.10. The first-order valence-electron chi connectivity index (χ1n) is 4.24. The first-order chi connectivity index (χ1) is 6.40. The molecule has 0 bridgehead atoms. The SMILES string of the molecule is CNC(=O)C1(F)CN(C(=O)C(C)Cl)C1. The van der Waals surface area contributed by atoms with E-state index in [4.69, 9.17) is 11.6 Å². The van der Waals surface area contributed by atoms with Crippen LogP contribution in [0.25, 0.3) is 0 Å². The van der Waals surface area contributed by atoms with Crippen LogP contribution in [0.15, 0.2) is 0 Å². The second-order valence-electron chi connectivity index (χ2n) is 3.35. The Kier molecular flexibility index (Phi) is 2.99. The molecule has 1 rings (SSSR count). The van der Waals surface area contributed by atoms with Gasteiger partial charge in [-0.15, -0.1) is 11.6 Å². The van der Waals surface area contributed by atoms with E-state index in [1.165, 1.54) is 18.9 Å². The number of hydrogen-bond acceptors (Lipinski definition) is 2. The van der Waals surface area contributed by atoms with E-state index in [1.807, 2.05) is 0 Å². The van der Waals surface area contributed by atoms with Gasteiger partial charge in [0, 0.05) is 7.05 Å². The molecule has 4 nitrogen and oxygen atoms in total. The molecule has 1 aliphatic rings. The Hall–Kier alpha value is -0.840. The summed E-state index contributed by atoms with van der Waals surface area (Å²) >= 11 is 5.53. The van der Waals surface area contributed by atoms with Crippen LogP contribution < -0.4 is 5.32 Å². The third-order valence-electron chi connectivity index (χ3n) is 2.17. The van der Waals surface area contributed by atoms with Crippen LogP contribution in [0, 0.1) is 0 Å². The summed E-state index contributed by atoms with van der Waals surface area (Å²) in [6, 6.07) is 0. The van der Waals surface area contributed by atoms with Crippen molar-refractivity contribution in [3.8, 4) is 0 Å². The molecule has 1 aliphatic heterocycles. The smallest absolute Gasteiger partial charge is 0.261 e. The maximum atomic E-state index is 13.5. The van der Waals surface area contributed by atoms with Crippen LogP contribution in [0.4, 0.5) is 4.39 Å². The highest BCUT2D eigenvalue weighted by Crippen LogP contribution is 2.26. The summed E-state index contributed by atoms with van der Waals surface area (Å²) in [7, 11) is 1.36. The molecule has 0 radical (unpaired) electrons. The summed E-state index contributed by atoms with van der Waals surface area (Å²) in [5, 5.41) is 1.53. The quantitative estimate of drug-likeness (QED) is 0.664. The fraction of sp³-hybridized carbons (Fsp3) is 0.750. The van der Waals surface area contributed by atoms with Crippen molar-refractivity contribution in [1.82, 2.24) is 10.2 Å². The van der Waals surface area contributed by atoms with Gasteiger partial charge in [0.25, 0.3) is 5.91 Å². The van der Waals surface area contributed by atoms with Gasteiger partial charge < -0.3 is 10.2 Å². The molecule has 1 saturated heterocycles. The van der Waals surface area contributed by atoms with Crippen molar-refractivity contribution >= 4 is 23.4 Å². The molecule has 0 aromatic carbocycles. The van der Waals surface area contributed by atoms with E-state index in [2.05, 4.69) is 5.32 Å². The van der Waals surface area contributed by atoms with Crippen molar-refractivity contribution < 1.29 is 14.0 Å². The predicted octanol–water partition coefficient (Wildman–Crippen LogP) is -0.0898. The number of halogens is 2. The summed E-state index contributed by atoms with van der Waals surface area (Å²) in [4.78, 5) is 23.4. The number of amides is 2. The lowest BCUT2D eigenvalue weighted by atomic mass is 9.95. The maximum Gasteiger partial charge on any atom is 0.261 e. The topological polar surface area (TPSA) is 49.4 Å². The van der Waals surface area contributed by atoms with Gasteiger partial charge in [-0.1, -0.05) is 0 Å². The van der Waals surface area contributed by atoms with Crippen molar-refractivity contribution in [3.63, 3.8) is 0 Å². The molecule has 0 aromatic heterocycles. The summed E-state index contributed by atoms with van der Waals surface area (Å²) < 4.78 is 13.5. The summed E-state index contributed by atoms with van der Waals surface area (Å²) in [5.74, 6) is -1.03. The van der Waals surface area contributed by atoms with E-state index in [0.717, 1.165) is 0 Å². The number of carbonyl (C=O) groups excluding carboxylic acids is 2. The van der Waals surface area contributed by atoms with Crippen LogP contribution in [0.1, 0.15) is 6.92 Å². The third-order valence-corrected chi connectivity index (χ3v) is 2.36. The molecule has 0 spiro atoms. The van der Waals surface area contributed by atoms with E-state index in [9.17, 15) is 14.0 Å². The van der Waals surface area contributed by atoms with Crippen molar-refractivity contribution in [2.24, 2.45) is 0 Å². The molecule has 0 aromatic rings. The highest BCUT2D eigenvalue weighted by molar-refractivity contribution is 6.30. The van der Waals surface area contributed by atoms with Crippen molar-refractivity contribution in [2.75, 3.05) is 20.1 Å². The average Bonchev–Trinajstić information content (AvgIpc) is 2.10. The Morgan fingerprint density at radius 3 is 2.43 bits per heavy atom. The molecule has 1 heterocycles. The normalized spacial score (nSPS) is 21.0. The zero-order valence-corrected chi connectivity index (χ0v) is 8.77. The van der Waals surface area contributed by atoms with Gasteiger partial charge in [-0.3, -0.25) is 9.59 Å². The van der Waals surface area contributed by atoms with Gasteiger partial charge in [0.2, 0.25) is 11.6 Å². The fourth-order valence-corrected chi connectivity index (χ4v) is 1.47. The van der Waals surface area contributed by atoms with Crippen molar-refractivity contribution in [2.45, 2.75) is 18.0 Å². The Balaban J connectivity index is 2.50. The molecular weight excluding hydrogens is 211 g/mol. The van der Waals surface area contributed by atoms with Crippen LogP contribution in [0.2, 0.25) is 0 Å². The molecule has 0 aliphatic carbocycles. The van der Waals surface area contributed by atoms with Crippen LogP contribution in [0.3, 0.4) is 0 Å². The van der Waals surface area contributed by atoms with Crippen LogP contribution in [-0.4, -0.2) is 47.9 Å². The molecule has 0 saturated carbocycles. The highest BCUT2D eigenvalue weighted by atomic mass is 35.5. The standard InChI is InChI=1S/C8H12ClFN2O2/c1-5(9)6(13)12-3-8(10,4-12)7(14)11-2/h5H,3-4H2,1-2H3,(H,11,14). The Morgan fingerprint density at radius 1 is 1.57 bits per heavy atom. The van der Waals surface area contributed by atoms with Crippen molar-refractivity contribution in [3.05, 3.63) is 0 Å². The number of carbonyl (C=O) groups is 2. The number of nitrogens with zero attached hydrogens (tertiary/aromatic N) is 1. The largest absolute Gasteiger partial charge is 0.356 e. The van der Waals surface area contributed by atoms with Gasteiger partial charge in [0.15, 0.2) is 0 Å². The Morgan fingerprint density at radius 2 is 2.07 bits per heavy atom. The number of hydrogen-bond donors (Lipinski definition) is 1. The number of likely N-dealkylation sites (tertiary alicyclic amines) is 1. The van der Waals surface area contributed by atoms with Crippen molar-refractivity contribution in [1.29, 1.82) is 0 Å². The third kappa shape index (κ3) is 1.82. The summed E-state index contributed by atoms with van der Waals surface area (Å²) in [5.41, 5.74) is -1.93. The maximum absolute atomic E-state index is 13.5. The average molecular weight is 223 g/mol. The molecule has 1 atom stereocenters. The van der Waals surface area contributed by atoms with E-state index in [0.29, 0.717) is 0 Å². The highest BCUT2D eigenvalue weighted by Gasteiger charge is 2.51. The van der Waals surface area contributed by atoms with E-state index in [-0.39, 0.29) is 19.0 Å². The van der Waals surface area contributed by atoms with Gasteiger partial charge in [0.1, 0.15) is 5.38 Å². The van der Waals surface area contributed by atoms with Gasteiger partial charge >= 0.3 is 0 Å². The molecule has 80 valence electrons. The zero-order valence-electron chi connectivity index (χ0n) is 8.01. The lowest BCUT2D eigenvalue weighted by Crippen LogP contribution is -2.67. The van der Waals surface area contributed by atoms with E-state index < -0.39 is 17.0 Å². The predicted molar refractivity (Wildman–Crippen MR) is 49.8 cm³/mol. The lowest BCUT2D eigenvalue weighted by Gasteiger charge is -2.43. The minimum absolute atomic E-state index is 0.206. The lowest BCUT2D eigenvalue weighted by molar-refractivity contribution is -0.155. The van der Waals surface area contributed by atoms with Crippen LogP contribution >= 0.6 is 11.6 Å². The molecule has 1 unspecified atom stereocenters. The molecular formula is C8H12ClFN2O2. The molecule has 1 N–H and O–H groups in total. The minimum Gasteiger partial charge on any atom is -0.356 e. The van der Waals surface area contributed by atoms with Gasteiger partial charge in [-0.05, 0) is 6.92 Å². The van der Waals surface area contributed by atoms with Gasteiger partial charge in [0.05, 0.1) is 13.1 Å². The first kappa shape index (κ1) is 11.2. The Labute approximate surface area is 86.4 Å². The number of rotatable bonds is 2. The monoisotopic (exact) mass is 222 g/mol. The molecule has 14 heavy (non-hydrogen) atoms. The molecule has 1 fully saturated rings. The summed E-state index contributed by atoms with van der Waals surface area (Å²) in [6.07, 6.45) is 0. The first-order valence-corrected chi connectivity index (χ1v) is 4.68. The molecule has 2 amide bonds. The molecule has 6 heteroatoms.